The molecule has 1 aromatic carbocycles. The second-order valence-electron chi connectivity index (χ2n) is 4.48. The van der Waals surface area contributed by atoms with Gasteiger partial charge in [0, 0.05) is 24.4 Å². The first-order valence-electron chi connectivity index (χ1n) is 6.16. The van der Waals surface area contributed by atoms with Crippen LogP contribution in [0, 0.1) is 17.0 Å². The smallest absolute Gasteiger partial charge is 0.271 e. The molecule has 2 rings (SSSR count). The molecule has 2 aromatic rings. The third-order valence-electron chi connectivity index (χ3n) is 3.20. The van der Waals surface area contributed by atoms with Gasteiger partial charge in [0.1, 0.15) is 5.82 Å². The predicted octanol–water partition coefficient (Wildman–Crippen LogP) is 1.69. The van der Waals surface area contributed by atoms with Crippen LogP contribution >= 0.6 is 0 Å². The molecule has 0 saturated heterocycles. The number of nitro benzene ring substituents is 1. The van der Waals surface area contributed by atoms with Crippen LogP contribution in [0.15, 0.2) is 18.2 Å². The number of sulfone groups is 1. The molecule has 7 nitrogen and oxygen atoms in total. The Bertz CT molecular complexity index is 764. The topological polar surface area (TPSA) is 95.1 Å². The van der Waals surface area contributed by atoms with Gasteiger partial charge in [0.15, 0.2) is 9.84 Å². The van der Waals surface area contributed by atoms with Crippen LogP contribution in [0.4, 0.5) is 5.69 Å². The van der Waals surface area contributed by atoms with Crippen LogP contribution < -0.4 is 0 Å². The van der Waals surface area contributed by atoms with E-state index in [9.17, 15) is 18.5 Å². The highest BCUT2D eigenvalue weighted by Gasteiger charge is 2.15. The lowest BCUT2D eigenvalue weighted by Crippen LogP contribution is -2.15. The molecule has 0 aliphatic rings. The fraction of sp³-hybridized carbons (Fsp3) is 0.417. The zero-order chi connectivity index (χ0) is 14.9. The van der Waals surface area contributed by atoms with Gasteiger partial charge in [-0.25, -0.2) is 13.4 Å². The first-order chi connectivity index (χ1) is 9.34. The molecule has 1 aromatic heterocycles. The van der Waals surface area contributed by atoms with E-state index in [0.29, 0.717) is 16.9 Å². The average Bonchev–Trinajstić information content (AvgIpc) is 2.71. The number of aryl methyl sites for hydroxylation is 2. The molecular formula is C12H15N3O4S. The van der Waals surface area contributed by atoms with Crippen molar-refractivity contribution in [2.75, 3.05) is 11.5 Å². The Kier molecular flexibility index (Phi) is 3.76. The minimum atomic E-state index is -3.09. The number of rotatable bonds is 5. The molecule has 0 amide bonds. The molecule has 0 fully saturated rings. The highest BCUT2D eigenvalue weighted by molar-refractivity contribution is 7.91. The molecule has 0 aliphatic carbocycles. The predicted molar refractivity (Wildman–Crippen MR) is 75.5 cm³/mol. The molecule has 0 atom stereocenters. The third-order valence-corrected chi connectivity index (χ3v) is 4.88. The quantitative estimate of drug-likeness (QED) is 0.618. The summed E-state index contributed by atoms with van der Waals surface area (Å²) < 4.78 is 24.9. The first kappa shape index (κ1) is 14.4. The molecule has 1 heterocycles. The Labute approximate surface area is 116 Å². The Morgan fingerprint density at radius 1 is 1.40 bits per heavy atom. The molecule has 0 N–H and O–H groups in total. The second-order valence-corrected chi connectivity index (χ2v) is 6.95. The van der Waals surface area contributed by atoms with E-state index in [-0.39, 0.29) is 23.7 Å². The van der Waals surface area contributed by atoms with Crippen LogP contribution in [0.5, 0.6) is 0 Å². The van der Waals surface area contributed by atoms with Crippen molar-refractivity contribution in [3.8, 4) is 0 Å². The Morgan fingerprint density at radius 3 is 2.70 bits per heavy atom. The second kappa shape index (κ2) is 5.20. The van der Waals surface area contributed by atoms with Gasteiger partial charge in [-0.1, -0.05) is 6.92 Å². The minimum Gasteiger partial charge on any atom is -0.327 e. The monoisotopic (exact) mass is 297 g/mol. The van der Waals surface area contributed by atoms with Crippen molar-refractivity contribution in [3.63, 3.8) is 0 Å². The summed E-state index contributed by atoms with van der Waals surface area (Å²) in [7, 11) is -3.09. The Hall–Kier alpha value is -1.96. The summed E-state index contributed by atoms with van der Waals surface area (Å²) in [5.41, 5.74) is 1.18. The van der Waals surface area contributed by atoms with Gasteiger partial charge in [-0.05, 0) is 13.0 Å². The van der Waals surface area contributed by atoms with Crippen LogP contribution in [0.2, 0.25) is 0 Å². The number of aromatic nitrogens is 2. The molecular weight excluding hydrogens is 282 g/mol. The largest absolute Gasteiger partial charge is 0.327 e. The van der Waals surface area contributed by atoms with Crippen LogP contribution in [0.3, 0.4) is 0 Å². The van der Waals surface area contributed by atoms with Crippen LogP contribution in [0.25, 0.3) is 11.0 Å². The van der Waals surface area contributed by atoms with E-state index >= 15 is 0 Å². The van der Waals surface area contributed by atoms with Crippen molar-refractivity contribution in [2.45, 2.75) is 20.4 Å². The standard InChI is InChI=1S/C12H15N3O4S/c1-3-20(18,19)7-6-14-9(2)13-11-5-4-10(15(16)17)8-12(11)14/h4-5,8H,3,6-7H2,1-2H3. The van der Waals surface area contributed by atoms with Crippen molar-refractivity contribution >= 4 is 26.6 Å². The molecule has 20 heavy (non-hydrogen) atoms. The lowest BCUT2D eigenvalue weighted by molar-refractivity contribution is -0.384. The zero-order valence-electron chi connectivity index (χ0n) is 11.2. The van der Waals surface area contributed by atoms with Crippen molar-refractivity contribution < 1.29 is 13.3 Å². The normalized spacial score (nSPS) is 11.9. The summed E-state index contributed by atoms with van der Waals surface area (Å²) in [6.07, 6.45) is 0. The Balaban J connectivity index is 2.44. The third kappa shape index (κ3) is 2.79. The number of fused-ring (bicyclic) bond motifs is 1. The van der Waals surface area contributed by atoms with Crippen molar-refractivity contribution in [3.05, 3.63) is 34.1 Å². The van der Waals surface area contributed by atoms with E-state index in [2.05, 4.69) is 4.98 Å². The van der Waals surface area contributed by atoms with Gasteiger partial charge in [0.05, 0.1) is 21.7 Å². The first-order valence-corrected chi connectivity index (χ1v) is 7.98. The van der Waals surface area contributed by atoms with E-state index in [0.717, 1.165) is 0 Å². The van der Waals surface area contributed by atoms with Crippen LogP contribution in [-0.2, 0) is 16.4 Å². The number of nitrogens with zero attached hydrogens (tertiary/aromatic N) is 3. The van der Waals surface area contributed by atoms with E-state index in [1.807, 2.05) is 0 Å². The molecule has 8 heteroatoms. The molecule has 0 bridgehead atoms. The number of hydrogen-bond acceptors (Lipinski definition) is 5. The summed E-state index contributed by atoms with van der Waals surface area (Å²) in [4.78, 5) is 14.6. The number of benzene rings is 1. The van der Waals surface area contributed by atoms with Crippen molar-refractivity contribution in [1.29, 1.82) is 0 Å². The maximum Gasteiger partial charge on any atom is 0.271 e. The van der Waals surface area contributed by atoms with Gasteiger partial charge >= 0.3 is 0 Å². The fourth-order valence-electron chi connectivity index (χ4n) is 2.00. The van der Waals surface area contributed by atoms with E-state index in [1.54, 1.807) is 24.5 Å². The lowest BCUT2D eigenvalue weighted by atomic mass is 10.3. The highest BCUT2D eigenvalue weighted by atomic mass is 32.2. The van der Waals surface area contributed by atoms with Crippen LogP contribution in [0.1, 0.15) is 12.7 Å². The maximum atomic E-state index is 11.6. The number of imidazole rings is 1. The molecule has 108 valence electrons. The van der Waals surface area contributed by atoms with Crippen LogP contribution in [-0.4, -0.2) is 34.4 Å². The highest BCUT2D eigenvalue weighted by Crippen LogP contribution is 2.22. The molecule has 0 unspecified atom stereocenters. The minimum absolute atomic E-state index is 0.00150. The molecule has 0 radical (unpaired) electrons. The van der Waals surface area contributed by atoms with Gasteiger partial charge in [-0.15, -0.1) is 0 Å². The average molecular weight is 297 g/mol. The van der Waals surface area contributed by atoms with E-state index in [1.165, 1.54) is 12.1 Å². The van der Waals surface area contributed by atoms with Gasteiger partial charge in [0.25, 0.3) is 5.69 Å². The van der Waals surface area contributed by atoms with Gasteiger partial charge in [-0.2, -0.15) is 0 Å². The molecule has 0 spiro atoms. The maximum absolute atomic E-state index is 11.6. The summed E-state index contributed by atoms with van der Waals surface area (Å²) >= 11 is 0. The van der Waals surface area contributed by atoms with Gasteiger partial charge < -0.3 is 4.57 Å². The molecule has 0 aliphatic heterocycles. The number of hydrogen-bond donors (Lipinski definition) is 0. The SMILES string of the molecule is CCS(=O)(=O)CCn1c(C)nc2ccc([N+](=O)[O-])cc21. The van der Waals surface area contributed by atoms with E-state index in [4.69, 9.17) is 0 Å². The summed E-state index contributed by atoms with van der Waals surface area (Å²) in [5.74, 6) is 0.726. The summed E-state index contributed by atoms with van der Waals surface area (Å²) in [6, 6.07) is 4.39. The van der Waals surface area contributed by atoms with Gasteiger partial charge in [-0.3, -0.25) is 10.1 Å². The molecule has 0 saturated carbocycles. The van der Waals surface area contributed by atoms with E-state index < -0.39 is 14.8 Å². The van der Waals surface area contributed by atoms with Crippen molar-refractivity contribution in [2.24, 2.45) is 0 Å². The Morgan fingerprint density at radius 2 is 2.10 bits per heavy atom. The van der Waals surface area contributed by atoms with Gasteiger partial charge in [0.2, 0.25) is 0 Å². The fourth-order valence-corrected chi connectivity index (χ4v) is 2.75. The summed E-state index contributed by atoms with van der Waals surface area (Å²) in [5, 5.41) is 10.8. The van der Waals surface area contributed by atoms with Crippen molar-refractivity contribution in [1.82, 2.24) is 9.55 Å². The zero-order valence-corrected chi connectivity index (χ0v) is 12.1. The summed E-state index contributed by atoms with van der Waals surface area (Å²) in [6.45, 7) is 3.60. The number of non-ortho nitro benzene ring substituents is 1. The lowest BCUT2D eigenvalue weighted by Gasteiger charge is -2.06. The number of nitro groups is 1.